The Hall–Kier alpha value is -1.09. The van der Waals surface area contributed by atoms with Crippen LogP contribution in [0.5, 0.6) is 0 Å². The zero-order valence-electron chi connectivity index (χ0n) is 8.83. The lowest BCUT2D eigenvalue weighted by atomic mass is 10.2. The van der Waals surface area contributed by atoms with Gasteiger partial charge in [-0.3, -0.25) is 0 Å². The van der Waals surface area contributed by atoms with Crippen LogP contribution in [-0.4, -0.2) is 22.7 Å². The van der Waals surface area contributed by atoms with E-state index in [-0.39, 0.29) is 6.10 Å². The highest BCUT2D eigenvalue weighted by Gasteiger charge is 2.02. The molecular formula is C11H18N2O. The minimum atomic E-state index is -0.276. The van der Waals surface area contributed by atoms with Gasteiger partial charge in [0, 0.05) is 12.7 Å². The third-order valence-corrected chi connectivity index (χ3v) is 2.06. The van der Waals surface area contributed by atoms with Gasteiger partial charge in [-0.1, -0.05) is 13.3 Å². The summed E-state index contributed by atoms with van der Waals surface area (Å²) in [4.78, 5) is 4.15. The number of aliphatic hydroxyl groups is 1. The Morgan fingerprint density at radius 1 is 1.57 bits per heavy atom. The zero-order valence-corrected chi connectivity index (χ0v) is 8.83. The van der Waals surface area contributed by atoms with Crippen molar-refractivity contribution < 1.29 is 5.11 Å². The number of pyridine rings is 1. The van der Waals surface area contributed by atoms with Gasteiger partial charge >= 0.3 is 0 Å². The largest absolute Gasteiger partial charge is 0.391 e. The second-order valence-corrected chi connectivity index (χ2v) is 3.54. The van der Waals surface area contributed by atoms with Gasteiger partial charge in [0.25, 0.3) is 0 Å². The summed E-state index contributed by atoms with van der Waals surface area (Å²) < 4.78 is 0. The van der Waals surface area contributed by atoms with Gasteiger partial charge in [0.15, 0.2) is 0 Å². The summed E-state index contributed by atoms with van der Waals surface area (Å²) in [6, 6.07) is 3.92. The summed E-state index contributed by atoms with van der Waals surface area (Å²) in [5.41, 5.74) is 1.17. The molecule has 0 amide bonds. The van der Waals surface area contributed by atoms with Gasteiger partial charge in [0.05, 0.1) is 6.10 Å². The lowest BCUT2D eigenvalue weighted by Gasteiger charge is -2.11. The van der Waals surface area contributed by atoms with Crippen LogP contribution in [0.3, 0.4) is 0 Å². The van der Waals surface area contributed by atoms with Gasteiger partial charge in [0.2, 0.25) is 0 Å². The molecule has 0 radical (unpaired) electrons. The van der Waals surface area contributed by atoms with E-state index in [0.29, 0.717) is 6.54 Å². The fourth-order valence-corrected chi connectivity index (χ4v) is 1.29. The van der Waals surface area contributed by atoms with Crippen LogP contribution < -0.4 is 5.32 Å². The lowest BCUT2D eigenvalue weighted by Crippen LogP contribution is -2.19. The van der Waals surface area contributed by atoms with E-state index in [1.54, 1.807) is 6.20 Å². The average Bonchev–Trinajstić information content (AvgIpc) is 2.15. The maximum absolute atomic E-state index is 9.49. The first-order chi connectivity index (χ1) is 6.72. The first kappa shape index (κ1) is 11.0. The summed E-state index contributed by atoms with van der Waals surface area (Å²) in [6.07, 6.45) is 3.33. The van der Waals surface area contributed by atoms with Crippen molar-refractivity contribution in [1.82, 2.24) is 4.98 Å². The molecule has 1 unspecified atom stereocenters. The smallest absolute Gasteiger partial charge is 0.126 e. The summed E-state index contributed by atoms with van der Waals surface area (Å²) >= 11 is 0. The number of nitrogens with zero attached hydrogens (tertiary/aromatic N) is 1. The molecule has 1 rings (SSSR count). The topological polar surface area (TPSA) is 45.1 Å². The Morgan fingerprint density at radius 2 is 2.36 bits per heavy atom. The first-order valence-electron chi connectivity index (χ1n) is 5.07. The van der Waals surface area contributed by atoms with Gasteiger partial charge in [0.1, 0.15) is 5.82 Å². The molecule has 1 aromatic heterocycles. The molecule has 14 heavy (non-hydrogen) atoms. The van der Waals surface area contributed by atoms with E-state index in [1.165, 1.54) is 5.56 Å². The highest BCUT2D eigenvalue weighted by atomic mass is 16.3. The van der Waals surface area contributed by atoms with Gasteiger partial charge in [-0.25, -0.2) is 4.98 Å². The maximum atomic E-state index is 9.49. The normalized spacial score (nSPS) is 12.5. The molecule has 1 aromatic rings. The number of aromatic nitrogens is 1. The standard InChI is InChI=1S/C11H18N2O/c1-3-4-10(14)8-13-11-7-9(2)5-6-12-11/h5-7,10,14H,3-4,8H2,1-2H3,(H,12,13). The third-order valence-electron chi connectivity index (χ3n) is 2.06. The van der Waals surface area contributed by atoms with Crippen LogP contribution in [0.15, 0.2) is 18.3 Å². The summed E-state index contributed by atoms with van der Waals surface area (Å²) in [5, 5.41) is 12.6. The molecule has 0 aliphatic rings. The Morgan fingerprint density at radius 3 is 3.00 bits per heavy atom. The lowest BCUT2D eigenvalue weighted by molar-refractivity contribution is 0.176. The molecule has 3 heteroatoms. The first-order valence-corrected chi connectivity index (χ1v) is 5.07. The Balaban J connectivity index is 2.37. The summed E-state index contributed by atoms with van der Waals surface area (Å²) in [6.45, 7) is 4.66. The fraction of sp³-hybridized carbons (Fsp3) is 0.545. The molecule has 0 saturated carbocycles. The van der Waals surface area contributed by atoms with Gasteiger partial charge < -0.3 is 10.4 Å². The molecule has 2 N–H and O–H groups in total. The molecular weight excluding hydrogens is 176 g/mol. The van der Waals surface area contributed by atoms with E-state index >= 15 is 0 Å². The van der Waals surface area contributed by atoms with E-state index < -0.39 is 0 Å². The van der Waals surface area contributed by atoms with Crippen molar-refractivity contribution in [3.05, 3.63) is 23.9 Å². The third kappa shape index (κ3) is 3.75. The molecule has 0 aliphatic carbocycles. The number of aliphatic hydroxyl groups excluding tert-OH is 1. The zero-order chi connectivity index (χ0) is 10.4. The van der Waals surface area contributed by atoms with Crippen LogP contribution in [0, 0.1) is 6.92 Å². The molecule has 0 aromatic carbocycles. The Bertz CT molecular complexity index is 276. The molecule has 0 spiro atoms. The number of aryl methyl sites for hydroxylation is 1. The van der Waals surface area contributed by atoms with Crippen molar-refractivity contribution in [2.24, 2.45) is 0 Å². The van der Waals surface area contributed by atoms with Crippen molar-refractivity contribution in [3.8, 4) is 0 Å². The predicted octanol–water partition coefficient (Wildman–Crippen LogP) is 1.96. The van der Waals surface area contributed by atoms with E-state index in [9.17, 15) is 5.11 Å². The fourth-order valence-electron chi connectivity index (χ4n) is 1.29. The van der Waals surface area contributed by atoms with E-state index in [1.807, 2.05) is 19.1 Å². The molecule has 3 nitrogen and oxygen atoms in total. The SMILES string of the molecule is CCCC(O)CNc1cc(C)ccn1. The number of anilines is 1. The van der Waals surface area contributed by atoms with Crippen LogP contribution in [0.1, 0.15) is 25.3 Å². The maximum Gasteiger partial charge on any atom is 0.126 e. The van der Waals surface area contributed by atoms with Crippen LogP contribution in [-0.2, 0) is 0 Å². The van der Waals surface area contributed by atoms with Crippen LogP contribution in [0.2, 0.25) is 0 Å². The van der Waals surface area contributed by atoms with Crippen molar-refractivity contribution in [3.63, 3.8) is 0 Å². The van der Waals surface area contributed by atoms with Crippen molar-refractivity contribution >= 4 is 5.82 Å². The van der Waals surface area contributed by atoms with Gasteiger partial charge in [-0.05, 0) is 31.0 Å². The van der Waals surface area contributed by atoms with Crippen LogP contribution in [0.4, 0.5) is 5.82 Å². The van der Waals surface area contributed by atoms with Gasteiger partial charge in [-0.15, -0.1) is 0 Å². The molecule has 0 bridgehead atoms. The van der Waals surface area contributed by atoms with Crippen LogP contribution in [0.25, 0.3) is 0 Å². The highest BCUT2D eigenvalue weighted by molar-refractivity contribution is 5.36. The van der Waals surface area contributed by atoms with Crippen molar-refractivity contribution in [1.29, 1.82) is 0 Å². The molecule has 78 valence electrons. The number of hydrogen-bond donors (Lipinski definition) is 2. The minimum Gasteiger partial charge on any atom is -0.391 e. The van der Waals surface area contributed by atoms with Crippen molar-refractivity contribution in [2.75, 3.05) is 11.9 Å². The highest BCUT2D eigenvalue weighted by Crippen LogP contribution is 2.05. The molecule has 0 saturated heterocycles. The minimum absolute atomic E-state index is 0.276. The van der Waals surface area contributed by atoms with E-state index in [2.05, 4.69) is 17.2 Å². The molecule has 0 aliphatic heterocycles. The van der Waals surface area contributed by atoms with Gasteiger partial charge in [-0.2, -0.15) is 0 Å². The van der Waals surface area contributed by atoms with Crippen LogP contribution >= 0.6 is 0 Å². The number of rotatable bonds is 5. The number of hydrogen-bond acceptors (Lipinski definition) is 3. The second kappa shape index (κ2) is 5.60. The monoisotopic (exact) mass is 194 g/mol. The molecule has 1 heterocycles. The Kier molecular flexibility index (Phi) is 4.40. The quantitative estimate of drug-likeness (QED) is 0.753. The predicted molar refractivity (Wildman–Crippen MR) is 58.4 cm³/mol. The summed E-state index contributed by atoms with van der Waals surface area (Å²) in [5.74, 6) is 0.833. The summed E-state index contributed by atoms with van der Waals surface area (Å²) in [7, 11) is 0. The average molecular weight is 194 g/mol. The van der Waals surface area contributed by atoms with E-state index in [0.717, 1.165) is 18.7 Å². The Labute approximate surface area is 85.2 Å². The van der Waals surface area contributed by atoms with E-state index in [4.69, 9.17) is 0 Å². The second-order valence-electron chi connectivity index (χ2n) is 3.54. The molecule has 1 atom stereocenters. The number of nitrogens with one attached hydrogen (secondary N) is 1. The van der Waals surface area contributed by atoms with Crippen molar-refractivity contribution in [2.45, 2.75) is 32.8 Å². The molecule has 0 fully saturated rings.